The van der Waals surface area contributed by atoms with Gasteiger partial charge >= 0.3 is 5.69 Å². The van der Waals surface area contributed by atoms with E-state index in [1.807, 2.05) is 11.0 Å². The molecular formula is C17H20ClN5O2. The van der Waals surface area contributed by atoms with Crippen LogP contribution in [0.15, 0.2) is 23.1 Å². The smallest absolute Gasteiger partial charge is 0.341 e. The fourth-order valence-electron chi connectivity index (χ4n) is 3.73. The Morgan fingerprint density at radius 1 is 1.28 bits per heavy atom. The molecule has 2 aliphatic heterocycles. The monoisotopic (exact) mass is 361 g/mol. The molecule has 2 aromatic rings. The Kier molecular flexibility index (Phi) is 4.33. The molecule has 0 bridgehead atoms. The molecule has 1 atom stereocenters. The fraction of sp³-hybridized carbons (Fsp3) is 0.529. The highest BCUT2D eigenvalue weighted by molar-refractivity contribution is 6.29. The Bertz CT molecular complexity index is 853. The summed E-state index contributed by atoms with van der Waals surface area (Å²) in [6.07, 6.45) is 6.00. The SMILES string of the molecule is O=C(C1CCCc2nn(Cc3ccnc(Cl)c3)c(=O)n21)N1CCCC1. The number of carbonyl (C=O) groups is 1. The third-order valence-electron chi connectivity index (χ3n) is 4.96. The van der Waals surface area contributed by atoms with Gasteiger partial charge in [0.2, 0.25) is 5.91 Å². The molecule has 0 radical (unpaired) electrons. The first kappa shape index (κ1) is 16.3. The van der Waals surface area contributed by atoms with Crippen LogP contribution in [0, 0.1) is 0 Å². The number of aryl methyl sites for hydroxylation is 1. The van der Waals surface area contributed by atoms with Gasteiger partial charge in [0, 0.05) is 25.7 Å². The molecule has 132 valence electrons. The van der Waals surface area contributed by atoms with Gasteiger partial charge < -0.3 is 4.90 Å². The number of rotatable bonds is 3. The molecule has 1 amide bonds. The van der Waals surface area contributed by atoms with Crippen molar-refractivity contribution in [2.24, 2.45) is 0 Å². The Morgan fingerprint density at radius 3 is 2.84 bits per heavy atom. The van der Waals surface area contributed by atoms with E-state index in [4.69, 9.17) is 11.6 Å². The van der Waals surface area contributed by atoms with E-state index < -0.39 is 6.04 Å². The first-order chi connectivity index (χ1) is 12.1. The molecule has 7 nitrogen and oxygen atoms in total. The first-order valence-corrected chi connectivity index (χ1v) is 9.09. The molecule has 2 aromatic heterocycles. The minimum absolute atomic E-state index is 0.0621. The maximum atomic E-state index is 12.9. The van der Waals surface area contributed by atoms with E-state index in [1.54, 1.807) is 16.8 Å². The third-order valence-corrected chi connectivity index (χ3v) is 5.16. The first-order valence-electron chi connectivity index (χ1n) is 8.71. The van der Waals surface area contributed by atoms with Crippen LogP contribution in [0.25, 0.3) is 0 Å². The zero-order valence-electron chi connectivity index (χ0n) is 13.9. The van der Waals surface area contributed by atoms with E-state index in [2.05, 4.69) is 10.1 Å². The Labute approximate surface area is 150 Å². The molecule has 0 aliphatic carbocycles. The average molecular weight is 362 g/mol. The Morgan fingerprint density at radius 2 is 2.08 bits per heavy atom. The summed E-state index contributed by atoms with van der Waals surface area (Å²) in [5, 5.41) is 4.85. The molecule has 1 fully saturated rings. The Hall–Kier alpha value is -2.15. The molecule has 4 heterocycles. The molecule has 1 saturated heterocycles. The van der Waals surface area contributed by atoms with Crippen molar-refractivity contribution in [2.45, 2.75) is 44.7 Å². The number of nitrogens with zero attached hydrogens (tertiary/aromatic N) is 5. The highest BCUT2D eigenvalue weighted by Crippen LogP contribution is 2.25. The van der Waals surface area contributed by atoms with Gasteiger partial charge in [0.05, 0.1) is 6.54 Å². The van der Waals surface area contributed by atoms with Crippen LogP contribution < -0.4 is 5.69 Å². The number of likely N-dealkylation sites (tertiary alicyclic amines) is 1. The van der Waals surface area contributed by atoms with E-state index in [-0.39, 0.29) is 11.6 Å². The van der Waals surface area contributed by atoms with Gasteiger partial charge in [-0.2, -0.15) is 5.10 Å². The summed E-state index contributed by atoms with van der Waals surface area (Å²) in [6, 6.07) is 3.12. The number of aromatic nitrogens is 4. The molecule has 25 heavy (non-hydrogen) atoms. The van der Waals surface area contributed by atoms with Crippen LogP contribution in [0.3, 0.4) is 0 Å². The van der Waals surface area contributed by atoms with Crippen molar-refractivity contribution in [3.8, 4) is 0 Å². The largest absolute Gasteiger partial charge is 0.346 e. The number of halogens is 1. The normalized spacial score (nSPS) is 19.9. The molecule has 0 spiro atoms. The summed E-state index contributed by atoms with van der Waals surface area (Å²) in [5.74, 6) is 0.765. The summed E-state index contributed by atoms with van der Waals surface area (Å²) in [4.78, 5) is 31.5. The third kappa shape index (κ3) is 3.08. The predicted octanol–water partition coefficient (Wildman–Crippen LogP) is 1.64. The molecular weight excluding hydrogens is 342 g/mol. The summed E-state index contributed by atoms with van der Waals surface area (Å²) in [7, 11) is 0. The van der Waals surface area contributed by atoms with Gasteiger partial charge in [-0.05, 0) is 43.4 Å². The molecule has 2 aliphatic rings. The quantitative estimate of drug-likeness (QED) is 0.779. The van der Waals surface area contributed by atoms with E-state index in [0.717, 1.165) is 44.3 Å². The van der Waals surface area contributed by atoms with Crippen LogP contribution in [-0.2, 0) is 17.8 Å². The maximum Gasteiger partial charge on any atom is 0.346 e. The molecule has 4 rings (SSSR count). The van der Waals surface area contributed by atoms with Gasteiger partial charge in [0.15, 0.2) is 0 Å². The highest BCUT2D eigenvalue weighted by Gasteiger charge is 2.34. The van der Waals surface area contributed by atoms with E-state index >= 15 is 0 Å². The van der Waals surface area contributed by atoms with Crippen molar-refractivity contribution in [1.29, 1.82) is 0 Å². The van der Waals surface area contributed by atoms with Crippen molar-refractivity contribution in [2.75, 3.05) is 13.1 Å². The summed E-state index contributed by atoms with van der Waals surface area (Å²) in [5.41, 5.74) is 0.639. The molecule has 0 N–H and O–H groups in total. The van der Waals surface area contributed by atoms with Crippen LogP contribution in [0.2, 0.25) is 5.15 Å². The lowest BCUT2D eigenvalue weighted by atomic mass is 10.0. The van der Waals surface area contributed by atoms with Crippen LogP contribution in [0.5, 0.6) is 0 Å². The van der Waals surface area contributed by atoms with Gasteiger partial charge in [0.1, 0.15) is 17.0 Å². The van der Waals surface area contributed by atoms with E-state index in [0.29, 0.717) is 23.9 Å². The zero-order valence-corrected chi connectivity index (χ0v) is 14.7. The topological polar surface area (TPSA) is 73.0 Å². The summed E-state index contributed by atoms with van der Waals surface area (Å²) in [6.45, 7) is 1.91. The van der Waals surface area contributed by atoms with E-state index in [1.165, 1.54) is 4.68 Å². The van der Waals surface area contributed by atoms with Crippen molar-refractivity contribution in [3.63, 3.8) is 0 Å². The molecule has 8 heteroatoms. The molecule has 0 aromatic carbocycles. The summed E-state index contributed by atoms with van der Waals surface area (Å²) < 4.78 is 3.03. The zero-order chi connectivity index (χ0) is 17.4. The average Bonchev–Trinajstić information content (AvgIpc) is 3.24. The van der Waals surface area contributed by atoms with Crippen molar-refractivity contribution in [3.05, 3.63) is 45.4 Å². The van der Waals surface area contributed by atoms with Crippen LogP contribution in [0.1, 0.15) is 43.1 Å². The van der Waals surface area contributed by atoms with Gasteiger partial charge in [-0.25, -0.2) is 14.5 Å². The van der Waals surface area contributed by atoms with Crippen LogP contribution >= 0.6 is 11.6 Å². The lowest BCUT2D eigenvalue weighted by molar-refractivity contribution is -0.134. The minimum Gasteiger partial charge on any atom is -0.341 e. The minimum atomic E-state index is -0.413. The molecule has 1 unspecified atom stereocenters. The van der Waals surface area contributed by atoms with E-state index in [9.17, 15) is 9.59 Å². The van der Waals surface area contributed by atoms with Gasteiger partial charge in [-0.3, -0.25) is 9.36 Å². The maximum absolute atomic E-state index is 12.9. The number of carbonyl (C=O) groups excluding carboxylic acids is 1. The lowest BCUT2D eigenvalue weighted by Crippen LogP contribution is -2.41. The number of amides is 1. The van der Waals surface area contributed by atoms with Gasteiger partial charge in [-0.15, -0.1) is 0 Å². The second-order valence-electron chi connectivity index (χ2n) is 6.65. The Balaban J connectivity index is 1.65. The van der Waals surface area contributed by atoms with Crippen molar-refractivity contribution < 1.29 is 4.79 Å². The van der Waals surface area contributed by atoms with Gasteiger partial charge in [0.25, 0.3) is 0 Å². The van der Waals surface area contributed by atoms with Crippen LogP contribution in [-0.4, -0.2) is 43.2 Å². The number of hydrogen-bond acceptors (Lipinski definition) is 4. The van der Waals surface area contributed by atoms with Crippen LogP contribution in [0.4, 0.5) is 0 Å². The highest BCUT2D eigenvalue weighted by atomic mass is 35.5. The second kappa shape index (κ2) is 6.63. The number of hydrogen-bond donors (Lipinski definition) is 0. The predicted molar refractivity (Wildman–Crippen MR) is 92.6 cm³/mol. The van der Waals surface area contributed by atoms with Gasteiger partial charge in [-0.1, -0.05) is 11.6 Å². The standard InChI is InChI=1S/C17H20ClN5O2/c18-14-10-12(6-7-19-14)11-22-17(25)23-13(4-3-5-15(23)20-22)16(24)21-8-1-2-9-21/h6-7,10,13H,1-5,8-9,11H2. The van der Waals surface area contributed by atoms with Crippen molar-refractivity contribution >= 4 is 17.5 Å². The second-order valence-corrected chi connectivity index (χ2v) is 7.04. The summed E-state index contributed by atoms with van der Waals surface area (Å²) >= 11 is 5.92. The molecule has 0 saturated carbocycles. The van der Waals surface area contributed by atoms with Crippen molar-refractivity contribution in [1.82, 2.24) is 24.2 Å². The number of pyridine rings is 1. The number of fused-ring (bicyclic) bond motifs is 1. The fourth-order valence-corrected chi connectivity index (χ4v) is 3.93. The lowest BCUT2D eigenvalue weighted by Gasteiger charge is -2.27.